The number of ether oxygens (including phenoxy) is 1. The maximum atomic E-state index is 11.2. The van der Waals surface area contributed by atoms with Gasteiger partial charge in [0.2, 0.25) is 9.57 Å². The van der Waals surface area contributed by atoms with E-state index in [4.69, 9.17) is 44.5 Å². The van der Waals surface area contributed by atoms with Crippen LogP contribution in [0, 0.1) is 0 Å². The molecule has 34 heavy (non-hydrogen) atoms. The van der Waals surface area contributed by atoms with Crippen LogP contribution in [0.4, 0.5) is 0 Å². The zero-order valence-electron chi connectivity index (χ0n) is 19.5. The van der Waals surface area contributed by atoms with E-state index in [9.17, 15) is 5.11 Å². The molecule has 0 aliphatic rings. The molecule has 1 N–H and O–H groups in total. The van der Waals surface area contributed by atoms with Crippen molar-refractivity contribution in [2.24, 2.45) is 0 Å². The highest BCUT2D eigenvalue weighted by molar-refractivity contribution is 6.68. The van der Waals surface area contributed by atoms with E-state index in [-0.39, 0.29) is 0 Å². The van der Waals surface area contributed by atoms with Gasteiger partial charge in [-0.15, -0.1) is 0 Å². The SMILES string of the molecule is CCOc1ccc(-c2nc3n(CCN(CC)CC)c4ccccc4n3c2[C@H](O)C(Cl)(Cl)Cl)cc1. The molecule has 0 radical (unpaired) electrons. The van der Waals surface area contributed by atoms with Crippen molar-refractivity contribution in [2.45, 2.75) is 37.2 Å². The first-order valence-electron chi connectivity index (χ1n) is 11.5. The van der Waals surface area contributed by atoms with E-state index in [1.54, 1.807) is 0 Å². The molecule has 0 bridgehead atoms. The maximum Gasteiger partial charge on any atom is 0.221 e. The predicted octanol–water partition coefficient (Wildman–Crippen LogP) is 6.10. The third-order valence-electron chi connectivity index (χ3n) is 6.09. The van der Waals surface area contributed by atoms with E-state index in [2.05, 4.69) is 23.3 Å². The van der Waals surface area contributed by atoms with Gasteiger partial charge in [0.05, 0.1) is 29.0 Å². The number of aliphatic hydroxyl groups excluding tert-OH is 1. The van der Waals surface area contributed by atoms with Gasteiger partial charge in [0.25, 0.3) is 0 Å². The number of nitrogens with zero attached hydrogens (tertiary/aromatic N) is 4. The average Bonchev–Trinajstić information content (AvgIpc) is 3.35. The summed E-state index contributed by atoms with van der Waals surface area (Å²) in [5, 5.41) is 11.2. The van der Waals surface area contributed by atoms with Gasteiger partial charge in [-0.05, 0) is 56.4 Å². The lowest BCUT2D eigenvalue weighted by Crippen LogP contribution is -2.27. The van der Waals surface area contributed by atoms with Crippen molar-refractivity contribution in [3.05, 3.63) is 54.2 Å². The number of alkyl halides is 3. The standard InChI is InChI=1S/C25H29Cl3N4O2/c1-4-30(5-2)15-16-31-19-9-7-8-10-20(19)32-22(23(33)25(26,27)28)21(29-24(31)32)17-11-13-18(14-12-17)34-6-3/h7-14,23,33H,4-6,15-16H2,1-3H3/t23-/m0/s1. The number of hydrogen-bond donors (Lipinski definition) is 1. The lowest BCUT2D eigenvalue weighted by atomic mass is 10.1. The molecule has 0 aliphatic carbocycles. The van der Waals surface area contributed by atoms with Gasteiger partial charge in [-0.1, -0.05) is 60.8 Å². The fourth-order valence-corrected chi connectivity index (χ4v) is 4.64. The molecule has 0 fully saturated rings. The van der Waals surface area contributed by atoms with Crippen LogP contribution < -0.4 is 4.74 Å². The number of halogens is 3. The summed E-state index contributed by atoms with van der Waals surface area (Å²) in [5.74, 6) is 1.45. The van der Waals surface area contributed by atoms with Crippen LogP contribution >= 0.6 is 34.8 Å². The Morgan fingerprint density at radius 1 is 1.00 bits per heavy atom. The molecule has 9 heteroatoms. The first-order valence-corrected chi connectivity index (χ1v) is 12.6. The van der Waals surface area contributed by atoms with Crippen LogP contribution in [-0.2, 0) is 6.54 Å². The van der Waals surface area contributed by atoms with Gasteiger partial charge in [-0.25, -0.2) is 4.98 Å². The Balaban J connectivity index is 1.95. The summed E-state index contributed by atoms with van der Waals surface area (Å²) >= 11 is 18.6. The highest BCUT2D eigenvalue weighted by Crippen LogP contribution is 2.44. The molecule has 0 amide bonds. The fraction of sp³-hybridized carbons (Fsp3) is 0.400. The smallest absolute Gasteiger partial charge is 0.221 e. The average molecular weight is 524 g/mol. The summed E-state index contributed by atoms with van der Waals surface area (Å²) in [6, 6.07) is 15.6. The van der Waals surface area contributed by atoms with E-state index < -0.39 is 9.90 Å². The van der Waals surface area contributed by atoms with E-state index in [0.717, 1.165) is 48.5 Å². The Kier molecular flexibility index (Phi) is 7.65. The summed E-state index contributed by atoms with van der Waals surface area (Å²) in [6.07, 6.45) is -1.39. The van der Waals surface area contributed by atoms with E-state index in [1.807, 2.05) is 59.9 Å². The van der Waals surface area contributed by atoms with Crippen molar-refractivity contribution >= 4 is 51.6 Å². The molecular formula is C25H29Cl3N4O2. The lowest BCUT2D eigenvalue weighted by molar-refractivity contribution is 0.177. The molecular weight excluding hydrogens is 495 g/mol. The van der Waals surface area contributed by atoms with Crippen LogP contribution in [0.3, 0.4) is 0 Å². The number of likely N-dealkylation sites (N-methyl/N-ethyl adjacent to an activating group) is 1. The molecule has 0 spiro atoms. The number of para-hydroxylation sites is 2. The second-order valence-corrected chi connectivity index (χ2v) is 10.4. The minimum Gasteiger partial charge on any atom is -0.494 e. The minimum absolute atomic E-state index is 0.442. The van der Waals surface area contributed by atoms with Crippen LogP contribution in [0.1, 0.15) is 32.6 Å². The third-order valence-corrected chi connectivity index (χ3v) is 6.71. The van der Waals surface area contributed by atoms with Crippen LogP contribution in [-0.4, -0.2) is 54.0 Å². The zero-order valence-corrected chi connectivity index (χ0v) is 21.8. The molecule has 6 nitrogen and oxygen atoms in total. The predicted molar refractivity (Wildman–Crippen MR) is 140 cm³/mol. The van der Waals surface area contributed by atoms with Crippen molar-refractivity contribution < 1.29 is 9.84 Å². The number of rotatable bonds is 9. The van der Waals surface area contributed by atoms with Crippen LogP contribution in [0.15, 0.2) is 48.5 Å². The second-order valence-electron chi connectivity index (χ2n) is 8.05. The lowest BCUT2D eigenvalue weighted by Gasteiger charge is -2.20. The van der Waals surface area contributed by atoms with Gasteiger partial charge < -0.3 is 19.3 Å². The highest BCUT2D eigenvalue weighted by Gasteiger charge is 2.38. The van der Waals surface area contributed by atoms with Crippen molar-refractivity contribution in [1.29, 1.82) is 0 Å². The fourth-order valence-electron chi connectivity index (χ4n) is 4.33. The third kappa shape index (κ3) is 4.75. The van der Waals surface area contributed by atoms with Crippen LogP contribution in [0.25, 0.3) is 28.1 Å². The topological polar surface area (TPSA) is 54.9 Å². The first kappa shape index (κ1) is 25.1. The van der Waals surface area contributed by atoms with E-state index in [1.165, 1.54) is 0 Å². The maximum absolute atomic E-state index is 11.2. The molecule has 0 aliphatic heterocycles. The Morgan fingerprint density at radius 3 is 2.24 bits per heavy atom. The van der Waals surface area contributed by atoms with Gasteiger partial charge in [0, 0.05) is 18.7 Å². The Hall–Kier alpha value is -1.96. The van der Waals surface area contributed by atoms with E-state index >= 15 is 0 Å². The monoisotopic (exact) mass is 522 g/mol. The van der Waals surface area contributed by atoms with Crippen molar-refractivity contribution in [2.75, 3.05) is 26.2 Å². The minimum atomic E-state index is -1.93. The Morgan fingerprint density at radius 2 is 1.65 bits per heavy atom. The summed E-state index contributed by atoms with van der Waals surface area (Å²) in [4.78, 5) is 7.35. The molecule has 0 unspecified atom stereocenters. The molecule has 2 heterocycles. The van der Waals surface area contributed by atoms with Gasteiger partial charge >= 0.3 is 0 Å². The van der Waals surface area contributed by atoms with Gasteiger partial charge in [-0.2, -0.15) is 0 Å². The van der Waals surface area contributed by atoms with E-state index in [0.29, 0.717) is 23.8 Å². The molecule has 4 rings (SSSR count). The summed E-state index contributed by atoms with van der Waals surface area (Å²) in [5.41, 5.74) is 3.71. The van der Waals surface area contributed by atoms with Gasteiger partial charge in [0.1, 0.15) is 11.9 Å². The molecule has 2 aromatic carbocycles. The van der Waals surface area contributed by atoms with Crippen LogP contribution in [0.2, 0.25) is 0 Å². The number of hydrogen-bond acceptors (Lipinski definition) is 4. The largest absolute Gasteiger partial charge is 0.494 e. The van der Waals surface area contributed by atoms with Crippen molar-refractivity contribution in [1.82, 2.24) is 18.9 Å². The number of aromatic nitrogens is 3. The zero-order chi connectivity index (χ0) is 24.5. The molecule has 182 valence electrons. The Bertz CT molecular complexity index is 1260. The van der Waals surface area contributed by atoms with Crippen molar-refractivity contribution in [3.8, 4) is 17.0 Å². The first-order chi connectivity index (χ1) is 16.3. The quantitative estimate of drug-likeness (QED) is 0.269. The molecule has 2 aromatic heterocycles. The highest BCUT2D eigenvalue weighted by atomic mass is 35.6. The number of imidazole rings is 2. The summed E-state index contributed by atoms with van der Waals surface area (Å²) in [6.45, 7) is 10.4. The summed E-state index contributed by atoms with van der Waals surface area (Å²) < 4.78 is 7.73. The van der Waals surface area contributed by atoms with Gasteiger partial charge in [-0.3, -0.25) is 4.40 Å². The van der Waals surface area contributed by atoms with Gasteiger partial charge in [0.15, 0.2) is 0 Å². The number of benzene rings is 2. The molecule has 1 atom stereocenters. The normalized spacial score (nSPS) is 13.3. The Labute approximate surface area is 214 Å². The summed E-state index contributed by atoms with van der Waals surface area (Å²) in [7, 11) is 0. The number of fused-ring (bicyclic) bond motifs is 3. The molecule has 4 aromatic rings. The molecule has 0 saturated heterocycles. The number of aliphatic hydroxyl groups is 1. The van der Waals surface area contributed by atoms with Crippen LogP contribution in [0.5, 0.6) is 5.75 Å². The van der Waals surface area contributed by atoms with Crippen molar-refractivity contribution in [3.63, 3.8) is 0 Å². The second kappa shape index (κ2) is 10.3. The molecule has 0 saturated carbocycles.